The molecule has 14 heavy (non-hydrogen) atoms. The van der Waals surface area contributed by atoms with Crippen molar-refractivity contribution in [2.24, 2.45) is 0 Å². The second kappa shape index (κ2) is 3.53. The third-order valence-electron chi connectivity index (χ3n) is 2.30. The van der Waals surface area contributed by atoms with Crippen LogP contribution in [-0.4, -0.2) is 40.2 Å². The highest BCUT2D eigenvalue weighted by Crippen LogP contribution is 2.30. The summed E-state index contributed by atoms with van der Waals surface area (Å²) in [6.45, 7) is 0. The van der Waals surface area contributed by atoms with Gasteiger partial charge < -0.3 is 15.7 Å². The van der Waals surface area contributed by atoms with Crippen molar-refractivity contribution in [1.29, 1.82) is 0 Å². The van der Waals surface area contributed by atoms with Crippen molar-refractivity contribution in [3.63, 3.8) is 0 Å². The van der Waals surface area contributed by atoms with Gasteiger partial charge in [0.05, 0.1) is 12.1 Å². The summed E-state index contributed by atoms with van der Waals surface area (Å²) < 4.78 is 0. The van der Waals surface area contributed by atoms with E-state index in [9.17, 15) is 9.59 Å². The molecule has 0 aromatic heterocycles. The van der Waals surface area contributed by atoms with E-state index in [4.69, 9.17) is 5.11 Å². The number of hydrogen-bond donors (Lipinski definition) is 3. The van der Waals surface area contributed by atoms with Gasteiger partial charge in [-0.15, -0.1) is 11.8 Å². The van der Waals surface area contributed by atoms with Crippen LogP contribution in [0.2, 0.25) is 0 Å². The van der Waals surface area contributed by atoms with Gasteiger partial charge in [-0.05, 0) is 0 Å². The van der Waals surface area contributed by atoms with Crippen molar-refractivity contribution in [2.45, 2.75) is 17.3 Å². The van der Waals surface area contributed by atoms with Gasteiger partial charge in [-0.3, -0.25) is 0 Å². The monoisotopic (exact) mass is 214 g/mol. The van der Waals surface area contributed by atoms with Crippen molar-refractivity contribution in [3.05, 3.63) is 12.2 Å². The molecule has 3 unspecified atom stereocenters. The Balaban J connectivity index is 2.02. The fourth-order valence-corrected chi connectivity index (χ4v) is 3.05. The van der Waals surface area contributed by atoms with E-state index < -0.39 is 5.97 Å². The summed E-state index contributed by atoms with van der Waals surface area (Å²) >= 11 is 1.65. The van der Waals surface area contributed by atoms with E-state index >= 15 is 0 Å². The van der Waals surface area contributed by atoms with Gasteiger partial charge in [0.2, 0.25) is 0 Å². The van der Waals surface area contributed by atoms with Gasteiger partial charge in [0, 0.05) is 17.1 Å². The minimum Gasteiger partial charge on any atom is -0.478 e. The fraction of sp³-hybridized carbons (Fsp3) is 0.500. The highest BCUT2D eigenvalue weighted by atomic mass is 32.2. The summed E-state index contributed by atoms with van der Waals surface area (Å²) in [5.41, 5.74) is 0. The predicted molar refractivity (Wildman–Crippen MR) is 52.3 cm³/mol. The first-order chi connectivity index (χ1) is 6.66. The maximum Gasteiger partial charge on any atom is 0.328 e. The molecule has 0 spiro atoms. The number of carboxylic acids is 1. The van der Waals surface area contributed by atoms with Gasteiger partial charge in [0.15, 0.2) is 0 Å². The average Bonchev–Trinajstić information content (AvgIpc) is 2.60. The molecule has 3 atom stereocenters. The van der Waals surface area contributed by atoms with E-state index in [0.29, 0.717) is 0 Å². The number of amides is 2. The first-order valence-corrected chi connectivity index (χ1v) is 5.31. The van der Waals surface area contributed by atoms with E-state index in [0.717, 1.165) is 11.8 Å². The summed E-state index contributed by atoms with van der Waals surface area (Å²) in [5, 5.41) is 14.1. The fourth-order valence-electron chi connectivity index (χ4n) is 1.68. The summed E-state index contributed by atoms with van der Waals surface area (Å²) in [6.07, 6.45) is 2.76. The number of carboxylic acid groups (broad SMARTS) is 1. The van der Waals surface area contributed by atoms with Crippen LogP contribution in [-0.2, 0) is 4.79 Å². The van der Waals surface area contributed by atoms with Gasteiger partial charge in [-0.25, -0.2) is 9.59 Å². The van der Waals surface area contributed by atoms with Crippen LogP contribution in [0.4, 0.5) is 4.79 Å². The Morgan fingerprint density at radius 3 is 3.07 bits per heavy atom. The van der Waals surface area contributed by atoms with Crippen LogP contribution in [0.1, 0.15) is 0 Å². The van der Waals surface area contributed by atoms with Crippen molar-refractivity contribution in [2.75, 3.05) is 5.75 Å². The maximum atomic E-state index is 11.0. The van der Waals surface area contributed by atoms with Crippen molar-refractivity contribution in [3.8, 4) is 0 Å². The van der Waals surface area contributed by atoms with Gasteiger partial charge >= 0.3 is 12.0 Å². The van der Waals surface area contributed by atoms with Gasteiger partial charge in [0.25, 0.3) is 0 Å². The Bertz CT molecular complexity index is 305. The molecule has 2 heterocycles. The summed E-state index contributed by atoms with van der Waals surface area (Å²) in [7, 11) is 0. The van der Waals surface area contributed by atoms with Crippen LogP contribution in [0.3, 0.4) is 0 Å². The van der Waals surface area contributed by atoms with Gasteiger partial charge in [-0.1, -0.05) is 6.08 Å². The zero-order valence-corrected chi connectivity index (χ0v) is 8.08. The highest BCUT2D eigenvalue weighted by Gasteiger charge is 2.41. The van der Waals surface area contributed by atoms with Crippen molar-refractivity contribution >= 4 is 23.8 Å². The van der Waals surface area contributed by atoms with Crippen molar-refractivity contribution in [1.82, 2.24) is 10.6 Å². The number of thioether (sulfide) groups is 1. The molecule has 0 aliphatic carbocycles. The Hall–Kier alpha value is -1.17. The van der Waals surface area contributed by atoms with Crippen LogP contribution in [0.15, 0.2) is 12.2 Å². The van der Waals surface area contributed by atoms with Crippen LogP contribution in [0.25, 0.3) is 0 Å². The van der Waals surface area contributed by atoms with Crippen LogP contribution < -0.4 is 10.6 Å². The topological polar surface area (TPSA) is 78.4 Å². The zero-order chi connectivity index (χ0) is 10.1. The lowest BCUT2D eigenvalue weighted by Crippen LogP contribution is -2.35. The molecule has 0 bridgehead atoms. The number of carbonyl (C=O) groups is 2. The second-order valence-electron chi connectivity index (χ2n) is 3.25. The summed E-state index contributed by atoms with van der Waals surface area (Å²) in [4.78, 5) is 21.3. The minimum atomic E-state index is -0.952. The van der Waals surface area contributed by atoms with Crippen molar-refractivity contribution < 1.29 is 14.7 Å². The largest absolute Gasteiger partial charge is 0.478 e. The molecule has 0 aromatic carbocycles. The molecule has 2 aliphatic rings. The standard InChI is InChI=1S/C8H10N2O3S/c11-6(12)2-1-5-7-4(3-14-5)9-8(13)10-7/h1-2,4-5,7H,3H2,(H,11,12)(H2,9,10,13)/b2-1+. The van der Waals surface area contributed by atoms with Crippen LogP contribution in [0.5, 0.6) is 0 Å². The Morgan fingerprint density at radius 2 is 2.36 bits per heavy atom. The maximum absolute atomic E-state index is 11.0. The average molecular weight is 214 g/mol. The number of fused-ring (bicyclic) bond motifs is 1. The molecule has 2 saturated heterocycles. The van der Waals surface area contributed by atoms with Crippen LogP contribution in [0, 0.1) is 0 Å². The van der Waals surface area contributed by atoms with E-state index in [1.807, 2.05) is 0 Å². The molecule has 2 aliphatic heterocycles. The molecule has 2 rings (SSSR count). The molecular weight excluding hydrogens is 204 g/mol. The smallest absolute Gasteiger partial charge is 0.328 e. The number of aliphatic carboxylic acids is 1. The van der Waals surface area contributed by atoms with Gasteiger partial charge in [-0.2, -0.15) is 0 Å². The lowest BCUT2D eigenvalue weighted by molar-refractivity contribution is -0.131. The molecule has 2 fully saturated rings. The second-order valence-corrected chi connectivity index (χ2v) is 4.46. The third-order valence-corrected chi connectivity index (χ3v) is 3.69. The normalized spacial score (nSPS) is 35.4. The lowest BCUT2D eigenvalue weighted by Gasteiger charge is -2.11. The van der Waals surface area contributed by atoms with E-state index in [2.05, 4.69) is 10.6 Å². The molecule has 6 heteroatoms. The Morgan fingerprint density at radius 1 is 1.57 bits per heavy atom. The van der Waals surface area contributed by atoms with E-state index in [1.54, 1.807) is 17.8 Å². The molecule has 0 aromatic rings. The van der Waals surface area contributed by atoms with Crippen LogP contribution >= 0.6 is 11.8 Å². The number of hydrogen-bond acceptors (Lipinski definition) is 3. The molecule has 5 nitrogen and oxygen atoms in total. The zero-order valence-electron chi connectivity index (χ0n) is 7.27. The highest BCUT2D eigenvalue weighted by molar-refractivity contribution is 8.00. The Labute approximate surface area is 84.9 Å². The molecule has 3 N–H and O–H groups in total. The molecule has 76 valence electrons. The molecule has 0 saturated carbocycles. The lowest BCUT2D eigenvalue weighted by atomic mass is 10.1. The Kier molecular flexibility index (Phi) is 2.37. The number of carbonyl (C=O) groups excluding carboxylic acids is 1. The molecular formula is C8H10N2O3S. The number of rotatable bonds is 2. The van der Waals surface area contributed by atoms with E-state index in [1.165, 1.54) is 0 Å². The molecule has 0 radical (unpaired) electrons. The first kappa shape index (κ1) is 9.39. The minimum absolute atomic E-state index is 0.0306. The summed E-state index contributed by atoms with van der Waals surface area (Å²) in [5.74, 6) is -0.121. The van der Waals surface area contributed by atoms with Gasteiger partial charge in [0.1, 0.15) is 0 Å². The SMILES string of the molecule is O=C(O)/C=C/C1SCC2NC(=O)NC21. The third kappa shape index (κ3) is 1.70. The van der Waals surface area contributed by atoms with E-state index in [-0.39, 0.29) is 23.4 Å². The number of urea groups is 1. The number of nitrogens with one attached hydrogen (secondary N) is 2. The first-order valence-electron chi connectivity index (χ1n) is 4.26. The predicted octanol–water partition coefficient (Wildman–Crippen LogP) is -0.207. The molecule has 2 amide bonds. The quantitative estimate of drug-likeness (QED) is 0.439. The summed E-state index contributed by atoms with van der Waals surface area (Å²) in [6, 6.07) is 0.00747.